The maximum atomic E-state index is 12.0. The number of carbonyl (C=O) groups excluding carboxylic acids is 1. The zero-order valence-electron chi connectivity index (χ0n) is 11.9. The molecule has 1 atom stereocenters. The minimum atomic E-state index is -0.120. The molecule has 100 valence electrons. The number of rotatable bonds is 6. The van der Waals surface area contributed by atoms with E-state index in [-0.39, 0.29) is 17.5 Å². The van der Waals surface area contributed by atoms with Crippen LogP contribution in [0, 0.1) is 11.8 Å². The minimum absolute atomic E-state index is 0.0122. The molecular formula is C15H28O2. The Morgan fingerprint density at radius 2 is 1.82 bits per heavy atom. The molecule has 0 N–H and O–H groups in total. The fourth-order valence-corrected chi connectivity index (χ4v) is 2.45. The van der Waals surface area contributed by atoms with Crippen molar-refractivity contribution >= 4 is 5.97 Å². The fraction of sp³-hybridized carbons (Fsp3) is 0.933. The highest BCUT2D eigenvalue weighted by atomic mass is 16.6. The summed E-state index contributed by atoms with van der Waals surface area (Å²) in [6, 6.07) is 0. The van der Waals surface area contributed by atoms with E-state index in [1.165, 1.54) is 12.8 Å². The lowest BCUT2D eigenvalue weighted by atomic mass is 9.91. The molecule has 0 heterocycles. The third-order valence-corrected chi connectivity index (χ3v) is 4.02. The zero-order valence-corrected chi connectivity index (χ0v) is 11.9. The Morgan fingerprint density at radius 3 is 2.29 bits per heavy atom. The summed E-state index contributed by atoms with van der Waals surface area (Å²) < 4.78 is 5.86. The van der Waals surface area contributed by atoms with E-state index in [1.807, 2.05) is 13.8 Å². The van der Waals surface area contributed by atoms with Gasteiger partial charge in [-0.25, -0.2) is 0 Å². The molecule has 0 aliphatic heterocycles. The molecule has 0 saturated heterocycles. The Balaban J connectivity index is 2.55. The third kappa shape index (κ3) is 4.33. The number of ether oxygens (including phenoxy) is 1. The van der Waals surface area contributed by atoms with Gasteiger partial charge in [0, 0.05) is 0 Å². The van der Waals surface area contributed by atoms with Crippen LogP contribution in [-0.2, 0) is 9.53 Å². The fourth-order valence-electron chi connectivity index (χ4n) is 2.45. The molecule has 0 aromatic carbocycles. The number of carbonyl (C=O) groups is 1. The first-order valence-electron chi connectivity index (χ1n) is 7.22. The normalized spacial score (nSPS) is 20.5. The van der Waals surface area contributed by atoms with Crippen LogP contribution >= 0.6 is 0 Å². The predicted molar refractivity (Wildman–Crippen MR) is 70.8 cm³/mol. The van der Waals surface area contributed by atoms with Crippen molar-refractivity contribution in [2.75, 3.05) is 0 Å². The summed E-state index contributed by atoms with van der Waals surface area (Å²) in [5.41, 5.74) is -0.120. The molecule has 1 rings (SSSR count). The first-order valence-corrected chi connectivity index (χ1v) is 7.22. The highest BCUT2D eigenvalue weighted by molar-refractivity contribution is 5.72. The molecule has 1 aliphatic carbocycles. The SMILES string of the molecule is CCC(C)C(=O)OC1(CCC(C)C)CCCC1. The van der Waals surface area contributed by atoms with Crippen LogP contribution < -0.4 is 0 Å². The first kappa shape index (κ1) is 14.5. The van der Waals surface area contributed by atoms with Gasteiger partial charge in [0.15, 0.2) is 0 Å². The van der Waals surface area contributed by atoms with Gasteiger partial charge in [-0.1, -0.05) is 27.7 Å². The maximum absolute atomic E-state index is 12.0. The Labute approximate surface area is 106 Å². The molecule has 2 nitrogen and oxygen atoms in total. The van der Waals surface area contributed by atoms with Crippen LogP contribution in [0.3, 0.4) is 0 Å². The molecule has 0 amide bonds. The van der Waals surface area contributed by atoms with Crippen LogP contribution in [-0.4, -0.2) is 11.6 Å². The lowest BCUT2D eigenvalue weighted by Gasteiger charge is -2.31. The quantitative estimate of drug-likeness (QED) is 0.646. The van der Waals surface area contributed by atoms with E-state index in [2.05, 4.69) is 13.8 Å². The smallest absolute Gasteiger partial charge is 0.309 e. The number of hydrogen-bond donors (Lipinski definition) is 0. The molecular weight excluding hydrogens is 212 g/mol. The number of hydrogen-bond acceptors (Lipinski definition) is 2. The number of esters is 1. The van der Waals surface area contributed by atoms with Gasteiger partial charge in [-0.05, 0) is 50.9 Å². The largest absolute Gasteiger partial charge is 0.459 e. The molecule has 1 saturated carbocycles. The monoisotopic (exact) mass is 240 g/mol. The van der Waals surface area contributed by atoms with Gasteiger partial charge in [-0.2, -0.15) is 0 Å². The summed E-state index contributed by atoms with van der Waals surface area (Å²) in [6.07, 6.45) is 7.65. The van der Waals surface area contributed by atoms with E-state index >= 15 is 0 Å². The van der Waals surface area contributed by atoms with E-state index in [4.69, 9.17) is 4.74 Å². The Bertz CT molecular complexity index is 239. The summed E-state index contributed by atoms with van der Waals surface area (Å²) in [4.78, 5) is 12.0. The van der Waals surface area contributed by atoms with Gasteiger partial charge in [0.05, 0.1) is 5.92 Å². The molecule has 0 aromatic heterocycles. The predicted octanol–water partition coefficient (Wildman–Crippen LogP) is 4.32. The average molecular weight is 240 g/mol. The second-order valence-electron chi connectivity index (χ2n) is 6.05. The highest BCUT2D eigenvalue weighted by Gasteiger charge is 2.38. The van der Waals surface area contributed by atoms with E-state index in [0.717, 1.165) is 32.1 Å². The highest BCUT2D eigenvalue weighted by Crippen LogP contribution is 2.38. The van der Waals surface area contributed by atoms with Crippen LogP contribution in [0.25, 0.3) is 0 Å². The van der Waals surface area contributed by atoms with Gasteiger partial charge in [-0.15, -0.1) is 0 Å². The summed E-state index contributed by atoms with van der Waals surface area (Å²) in [5.74, 6) is 0.749. The van der Waals surface area contributed by atoms with E-state index in [1.54, 1.807) is 0 Å². The van der Waals surface area contributed by atoms with Gasteiger partial charge in [-0.3, -0.25) is 4.79 Å². The molecule has 17 heavy (non-hydrogen) atoms. The molecule has 2 heteroatoms. The van der Waals surface area contributed by atoms with Gasteiger partial charge < -0.3 is 4.74 Å². The summed E-state index contributed by atoms with van der Waals surface area (Å²) in [5, 5.41) is 0. The average Bonchev–Trinajstić information content (AvgIpc) is 2.74. The second-order valence-corrected chi connectivity index (χ2v) is 6.05. The molecule has 1 fully saturated rings. The topological polar surface area (TPSA) is 26.3 Å². The third-order valence-electron chi connectivity index (χ3n) is 4.02. The van der Waals surface area contributed by atoms with Crippen molar-refractivity contribution in [1.29, 1.82) is 0 Å². The summed E-state index contributed by atoms with van der Waals surface area (Å²) in [6.45, 7) is 8.48. The van der Waals surface area contributed by atoms with Crippen molar-refractivity contribution in [3.63, 3.8) is 0 Å². The molecule has 0 spiro atoms. The first-order chi connectivity index (χ1) is 7.99. The Hall–Kier alpha value is -0.530. The van der Waals surface area contributed by atoms with Crippen LogP contribution in [0.2, 0.25) is 0 Å². The van der Waals surface area contributed by atoms with Crippen molar-refractivity contribution < 1.29 is 9.53 Å². The lowest BCUT2D eigenvalue weighted by molar-refractivity contribution is -0.165. The van der Waals surface area contributed by atoms with Crippen molar-refractivity contribution in [3.05, 3.63) is 0 Å². The Kier molecular flexibility index (Phi) is 5.48. The van der Waals surface area contributed by atoms with Crippen molar-refractivity contribution in [2.24, 2.45) is 11.8 Å². The van der Waals surface area contributed by atoms with Crippen LogP contribution in [0.15, 0.2) is 0 Å². The van der Waals surface area contributed by atoms with E-state index in [0.29, 0.717) is 5.92 Å². The minimum Gasteiger partial charge on any atom is -0.459 e. The van der Waals surface area contributed by atoms with Gasteiger partial charge in [0.25, 0.3) is 0 Å². The Morgan fingerprint density at radius 1 is 1.24 bits per heavy atom. The van der Waals surface area contributed by atoms with Crippen LogP contribution in [0.4, 0.5) is 0 Å². The lowest BCUT2D eigenvalue weighted by Crippen LogP contribution is -2.34. The molecule has 0 bridgehead atoms. The molecule has 1 unspecified atom stereocenters. The summed E-state index contributed by atoms with van der Waals surface area (Å²) >= 11 is 0. The molecule has 1 aliphatic rings. The maximum Gasteiger partial charge on any atom is 0.309 e. The van der Waals surface area contributed by atoms with E-state index < -0.39 is 0 Å². The second kappa shape index (κ2) is 6.42. The molecule has 0 radical (unpaired) electrons. The van der Waals surface area contributed by atoms with Gasteiger partial charge in [0.2, 0.25) is 0 Å². The standard InChI is InChI=1S/C15H28O2/c1-5-13(4)14(16)17-15(9-6-7-10-15)11-8-12(2)3/h12-13H,5-11H2,1-4H3. The van der Waals surface area contributed by atoms with E-state index in [9.17, 15) is 4.79 Å². The van der Waals surface area contributed by atoms with Crippen molar-refractivity contribution in [3.8, 4) is 0 Å². The van der Waals surface area contributed by atoms with Crippen molar-refractivity contribution in [1.82, 2.24) is 0 Å². The molecule has 0 aromatic rings. The van der Waals surface area contributed by atoms with Crippen LogP contribution in [0.1, 0.15) is 72.6 Å². The summed E-state index contributed by atoms with van der Waals surface area (Å²) in [7, 11) is 0. The van der Waals surface area contributed by atoms with Crippen molar-refractivity contribution in [2.45, 2.75) is 78.2 Å². The zero-order chi connectivity index (χ0) is 12.9. The van der Waals surface area contributed by atoms with Crippen LogP contribution in [0.5, 0.6) is 0 Å². The van der Waals surface area contributed by atoms with Gasteiger partial charge in [0.1, 0.15) is 5.60 Å². The van der Waals surface area contributed by atoms with Gasteiger partial charge >= 0.3 is 5.97 Å².